The molecule has 0 aliphatic carbocycles. The number of aromatic amines is 1. The number of carbonyl (C=O) groups excluding carboxylic acids is 1. The van der Waals surface area contributed by atoms with E-state index in [2.05, 4.69) is 44.7 Å². The number of hydrogen-bond donors (Lipinski definition) is 2. The molecular weight excluding hydrogens is 380 g/mol. The van der Waals surface area contributed by atoms with Crippen molar-refractivity contribution in [3.05, 3.63) is 70.9 Å². The van der Waals surface area contributed by atoms with Gasteiger partial charge in [0.05, 0.1) is 26.3 Å². The number of rotatable bonds is 7. The smallest absolute Gasteiger partial charge is 0.230 e. The first kappa shape index (κ1) is 20.0. The van der Waals surface area contributed by atoms with E-state index in [1.807, 2.05) is 18.2 Å². The lowest BCUT2D eigenvalue weighted by Gasteiger charge is -2.26. The van der Waals surface area contributed by atoms with Crippen LogP contribution in [0.2, 0.25) is 0 Å². The molecule has 30 heavy (non-hydrogen) atoms. The minimum absolute atomic E-state index is 0.108. The summed E-state index contributed by atoms with van der Waals surface area (Å²) in [4.78, 5) is 15.0. The summed E-state index contributed by atoms with van der Waals surface area (Å²) in [5, 5.41) is 10.4. The second-order valence-corrected chi connectivity index (χ2v) is 7.39. The molecular formula is C23H26N4O3. The largest absolute Gasteiger partial charge is 0.493 e. The first-order valence-corrected chi connectivity index (χ1v) is 9.99. The number of anilines is 1. The SMILES string of the molecule is COc1ccc(CC(=O)Nc2n[nH]c3c2CCN(Cc2ccccc2)C3)cc1OC. The fraction of sp³-hybridized carbons (Fsp3) is 0.304. The van der Waals surface area contributed by atoms with E-state index in [0.717, 1.165) is 42.9 Å². The standard InChI is InChI=1S/C23H26N4O3/c1-29-20-9-8-17(12-21(20)30-2)13-22(28)24-23-18-10-11-27(15-19(18)25-26-23)14-16-6-4-3-5-7-16/h3-9,12H,10-11,13-15H2,1-2H3,(H2,24,25,26,28). The van der Waals surface area contributed by atoms with Gasteiger partial charge in [-0.1, -0.05) is 36.4 Å². The molecule has 0 bridgehead atoms. The quantitative estimate of drug-likeness (QED) is 0.630. The summed E-state index contributed by atoms with van der Waals surface area (Å²) in [6, 6.07) is 15.9. The van der Waals surface area contributed by atoms with Crippen molar-refractivity contribution in [3.63, 3.8) is 0 Å². The van der Waals surface area contributed by atoms with Gasteiger partial charge in [-0.2, -0.15) is 5.10 Å². The number of benzene rings is 2. The number of nitrogens with zero attached hydrogens (tertiary/aromatic N) is 2. The fourth-order valence-electron chi connectivity index (χ4n) is 3.81. The van der Waals surface area contributed by atoms with Crippen LogP contribution >= 0.6 is 0 Å². The first-order valence-electron chi connectivity index (χ1n) is 9.99. The number of H-pyrrole nitrogens is 1. The van der Waals surface area contributed by atoms with Crippen molar-refractivity contribution in [1.29, 1.82) is 0 Å². The summed E-state index contributed by atoms with van der Waals surface area (Å²) in [7, 11) is 3.17. The lowest BCUT2D eigenvalue weighted by Crippen LogP contribution is -2.30. The summed E-state index contributed by atoms with van der Waals surface area (Å²) < 4.78 is 10.6. The van der Waals surface area contributed by atoms with Crippen molar-refractivity contribution in [1.82, 2.24) is 15.1 Å². The zero-order chi connectivity index (χ0) is 20.9. The summed E-state index contributed by atoms with van der Waals surface area (Å²) in [6.45, 7) is 2.63. The second-order valence-electron chi connectivity index (χ2n) is 7.39. The summed E-state index contributed by atoms with van der Waals surface area (Å²) in [5.74, 6) is 1.78. The predicted octanol–water partition coefficient (Wildman–Crippen LogP) is 3.17. The summed E-state index contributed by atoms with van der Waals surface area (Å²) >= 11 is 0. The Bertz CT molecular complexity index is 1020. The van der Waals surface area contributed by atoms with Gasteiger partial charge in [0.25, 0.3) is 0 Å². The molecule has 7 nitrogen and oxygen atoms in total. The number of nitrogens with one attached hydrogen (secondary N) is 2. The molecule has 2 N–H and O–H groups in total. The van der Waals surface area contributed by atoms with E-state index in [9.17, 15) is 4.79 Å². The fourth-order valence-corrected chi connectivity index (χ4v) is 3.81. The van der Waals surface area contributed by atoms with E-state index < -0.39 is 0 Å². The highest BCUT2D eigenvalue weighted by Gasteiger charge is 2.23. The van der Waals surface area contributed by atoms with Crippen LogP contribution in [0.3, 0.4) is 0 Å². The predicted molar refractivity (Wildman–Crippen MR) is 115 cm³/mol. The molecule has 1 aliphatic rings. The first-order chi connectivity index (χ1) is 14.7. The number of fused-ring (bicyclic) bond motifs is 1. The zero-order valence-electron chi connectivity index (χ0n) is 17.3. The highest BCUT2D eigenvalue weighted by Crippen LogP contribution is 2.28. The molecule has 4 rings (SSSR count). The van der Waals surface area contributed by atoms with E-state index >= 15 is 0 Å². The monoisotopic (exact) mass is 406 g/mol. The van der Waals surface area contributed by atoms with Crippen LogP contribution in [0.25, 0.3) is 0 Å². The van der Waals surface area contributed by atoms with Gasteiger partial charge >= 0.3 is 0 Å². The van der Waals surface area contributed by atoms with Gasteiger partial charge in [-0.25, -0.2) is 0 Å². The molecule has 1 amide bonds. The van der Waals surface area contributed by atoms with Crippen molar-refractivity contribution >= 4 is 11.7 Å². The Balaban J connectivity index is 1.38. The third-order valence-corrected chi connectivity index (χ3v) is 5.33. The van der Waals surface area contributed by atoms with Gasteiger partial charge in [0.2, 0.25) is 5.91 Å². The number of aromatic nitrogens is 2. The Hall–Kier alpha value is -3.32. The number of ether oxygens (including phenoxy) is 2. The summed E-state index contributed by atoms with van der Waals surface area (Å²) in [5.41, 5.74) is 4.31. The molecule has 0 saturated carbocycles. The maximum Gasteiger partial charge on any atom is 0.230 e. The molecule has 1 aliphatic heterocycles. The van der Waals surface area contributed by atoms with Gasteiger partial charge in [0, 0.05) is 25.2 Å². The van der Waals surface area contributed by atoms with Crippen LogP contribution in [0.5, 0.6) is 11.5 Å². The zero-order valence-corrected chi connectivity index (χ0v) is 17.3. The third-order valence-electron chi connectivity index (χ3n) is 5.33. The maximum atomic E-state index is 12.6. The number of methoxy groups -OCH3 is 2. The van der Waals surface area contributed by atoms with Gasteiger partial charge in [-0.3, -0.25) is 14.8 Å². The van der Waals surface area contributed by atoms with Crippen LogP contribution < -0.4 is 14.8 Å². The van der Waals surface area contributed by atoms with Crippen LogP contribution in [-0.2, 0) is 30.7 Å². The average Bonchev–Trinajstić information content (AvgIpc) is 3.16. The molecule has 0 atom stereocenters. The molecule has 2 aromatic carbocycles. The van der Waals surface area contributed by atoms with Crippen LogP contribution in [0.1, 0.15) is 22.4 Å². The molecule has 0 spiro atoms. The Morgan fingerprint density at radius 3 is 2.67 bits per heavy atom. The van der Waals surface area contributed by atoms with E-state index in [0.29, 0.717) is 17.3 Å². The molecule has 0 unspecified atom stereocenters. The normalized spacial score (nSPS) is 13.5. The van der Waals surface area contributed by atoms with Crippen LogP contribution in [-0.4, -0.2) is 41.8 Å². The molecule has 1 aromatic heterocycles. The van der Waals surface area contributed by atoms with Gasteiger partial charge < -0.3 is 14.8 Å². The van der Waals surface area contributed by atoms with Gasteiger partial charge in [0.1, 0.15) is 0 Å². The number of carbonyl (C=O) groups is 1. The third kappa shape index (κ3) is 4.46. The second kappa shape index (κ2) is 9.00. The van der Waals surface area contributed by atoms with Gasteiger partial charge in [-0.15, -0.1) is 0 Å². The molecule has 3 aromatic rings. The van der Waals surface area contributed by atoms with Crippen LogP contribution in [0.4, 0.5) is 5.82 Å². The molecule has 2 heterocycles. The van der Waals surface area contributed by atoms with Crippen LogP contribution in [0, 0.1) is 0 Å². The minimum atomic E-state index is -0.108. The van der Waals surface area contributed by atoms with Crippen molar-refractivity contribution in [2.45, 2.75) is 25.9 Å². The lowest BCUT2D eigenvalue weighted by atomic mass is 10.1. The number of hydrogen-bond acceptors (Lipinski definition) is 5. The highest BCUT2D eigenvalue weighted by atomic mass is 16.5. The van der Waals surface area contributed by atoms with Crippen molar-refractivity contribution in [2.75, 3.05) is 26.1 Å². The van der Waals surface area contributed by atoms with E-state index in [4.69, 9.17) is 9.47 Å². The lowest BCUT2D eigenvalue weighted by molar-refractivity contribution is -0.115. The van der Waals surface area contributed by atoms with Crippen LogP contribution in [0.15, 0.2) is 48.5 Å². The molecule has 0 fully saturated rings. The molecule has 0 radical (unpaired) electrons. The summed E-state index contributed by atoms with van der Waals surface area (Å²) in [6.07, 6.45) is 1.09. The average molecular weight is 406 g/mol. The Morgan fingerprint density at radius 2 is 1.90 bits per heavy atom. The van der Waals surface area contributed by atoms with E-state index in [-0.39, 0.29) is 12.3 Å². The Labute approximate surface area is 176 Å². The van der Waals surface area contributed by atoms with Gasteiger partial charge in [0.15, 0.2) is 17.3 Å². The topological polar surface area (TPSA) is 79.5 Å². The molecule has 7 heteroatoms. The highest BCUT2D eigenvalue weighted by molar-refractivity contribution is 5.92. The molecule has 0 saturated heterocycles. The van der Waals surface area contributed by atoms with E-state index in [1.165, 1.54) is 5.56 Å². The van der Waals surface area contributed by atoms with Crippen molar-refractivity contribution in [2.24, 2.45) is 0 Å². The Morgan fingerprint density at radius 1 is 1.10 bits per heavy atom. The minimum Gasteiger partial charge on any atom is -0.493 e. The van der Waals surface area contributed by atoms with Gasteiger partial charge in [-0.05, 0) is 29.7 Å². The number of amides is 1. The maximum absolute atomic E-state index is 12.6. The van der Waals surface area contributed by atoms with Crippen molar-refractivity contribution < 1.29 is 14.3 Å². The van der Waals surface area contributed by atoms with E-state index in [1.54, 1.807) is 20.3 Å². The Kier molecular flexibility index (Phi) is 5.99. The molecule has 156 valence electrons. The van der Waals surface area contributed by atoms with Crippen molar-refractivity contribution in [3.8, 4) is 11.5 Å².